The van der Waals surface area contributed by atoms with Crippen LogP contribution < -0.4 is 11.1 Å². The zero-order valence-corrected chi connectivity index (χ0v) is 9.56. The molecule has 1 unspecified atom stereocenters. The Balaban J connectivity index is 2.00. The third-order valence-electron chi connectivity index (χ3n) is 2.64. The monoisotopic (exact) mass is 244 g/mol. The predicted molar refractivity (Wildman–Crippen MR) is 63.3 cm³/mol. The van der Waals surface area contributed by atoms with E-state index in [0.29, 0.717) is 17.9 Å². The summed E-state index contributed by atoms with van der Waals surface area (Å²) in [6.07, 6.45) is 2.30. The Labute approximate surface area is 98.7 Å². The Morgan fingerprint density at radius 3 is 3.06 bits per heavy atom. The van der Waals surface area contributed by atoms with Crippen LogP contribution in [0, 0.1) is 5.82 Å². The molecule has 1 aromatic rings. The molecule has 0 aliphatic carbocycles. The van der Waals surface area contributed by atoms with Crippen LogP contribution in [0.3, 0.4) is 0 Å². The van der Waals surface area contributed by atoms with Crippen LogP contribution >= 0.6 is 11.6 Å². The maximum Gasteiger partial charge on any atom is 0.143 e. The molecule has 1 aromatic carbocycles. The number of hydrogen-bond donors (Lipinski definition) is 2. The van der Waals surface area contributed by atoms with Gasteiger partial charge in [0.1, 0.15) is 5.82 Å². The Hall–Kier alpha value is -1.00. The molecule has 0 saturated carbocycles. The van der Waals surface area contributed by atoms with Crippen molar-refractivity contribution < 1.29 is 9.13 Å². The molecule has 1 fully saturated rings. The molecule has 0 bridgehead atoms. The van der Waals surface area contributed by atoms with Gasteiger partial charge >= 0.3 is 0 Å². The summed E-state index contributed by atoms with van der Waals surface area (Å²) in [5.41, 5.74) is 6.74. The van der Waals surface area contributed by atoms with Crippen molar-refractivity contribution in [2.45, 2.75) is 18.9 Å². The number of hydrogen-bond acceptors (Lipinski definition) is 3. The van der Waals surface area contributed by atoms with E-state index in [9.17, 15) is 4.39 Å². The van der Waals surface area contributed by atoms with E-state index in [0.717, 1.165) is 19.4 Å². The molecule has 3 N–H and O–H groups in total. The molecule has 1 atom stereocenters. The molecule has 0 spiro atoms. The summed E-state index contributed by atoms with van der Waals surface area (Å²) in [5, 5.41) is 3.12. The van der Waals surface area contributed by atoms with Gasteiger partial charge in [-0.05, 0) is 18.9 Å². The molecular formula is C11H14ClFN2O. The lowest BCUT2D eigenvalue weighted by Gasteiger charge is -2.14. The Bertz CT molecular complexity index is 380. The summed E-state index contributed by atoms with van der Waals surface area (Å²) in [5.74, 6) is -0.467. The normalized spacial score (nSPS) is 20.0. The highest BCUT2D eigenvalue weighted by atomic mass is 35.5. The summed E-state index contributed by atoms with van der Waals surface area (Å²) in [6, 6.07) is 2.72. The SMILES string of the molecule is Nc1cc(Cl)c(F)cc1NCC1CCCO1. The third kappa shape index (κ3) is 2.57. The number of halogens is 2. The number of rotatable bonds is 3. The van der Waals surface area contributed by atoms with Gasteiger partial charge in [0.2, 0.25) is 0 Å². The van der Waals surface area contributed by atoms with Crippen LogP contribution in [0.1, 0.15) is 12.8 Å². The second-order valence-corrected chi connectivity index (χ2v) is 4.28. The first-order valence-corrected chi connectivity index (χ1v) is 5.64. The second kappa shape index (κ2) is 4.89. The maximum absolute atomic E-state index is 13.2. The number of nitrogen functional groups attached to an aromatic ring is 1. The van der Waals surface area contributed by atoms with Gasteiger partial charge in [-0.1, -0.05) is 11.6 Å². The van der Waals surface area contributed by atoms with Gasteiger partial charge in [-0.25, -0.2) is 4.39 Å². The van der Waals surface area contributed by atoms with Crippen LogP contribution in [0.15, 0.2) is 12.1 Å². The molecule has 2 rings (SSSR count). The van der Waals surface area contributed by atoms with Crippen molar-refractivity contribution in [3.8, 4) is 0 Å². The summed E-state index contributed by atoms with van der Waals surface area (Å²) in [7, 11) is 0. The van der Waals surface area contributed by atoms with Gasteiger partial charge in [0, 0.05) is 19.2 Å². The van der Waals surface area contributed by atoms with Gasteiger partial charge in [0.15, 0.2) is 0 Å². The van der Waals surface area contributed by atoms with Crippen molar-refractivity contribution >= 4 is 23.0 Å². The minimum absolute atomic E-state index is 0.0418. The summed E-state index contributed by atoms with van der Waals surface area (Å²) >= 11 is 5.61. The molecule has 5 heteroatoms. The van der Waals surface area contributed by atoms with Crippen molar-refractivity contribution in [2.24, 2.45) is 0 Å². The van der Waals surface area contributed by atoms with E-state index in [1.807, 2.05) is 0 Å². The van der Waals surface area contributed by atoms with Crippen LogP contribution in [0.5, 0.6) is 0 Å². The van der Waals surface area contributed by atoms with E-state index in [1.165, 1.54) is 12.1 Å². The Morgan fingerprint density at radius 2 is 2.38 bits per heavy atom. The van der Waals surface area contributed by atoms with E-state index in [2.05, 4.69) is 5.32 Å². The average molecular weight is 245 g/mol. The highest BCUT2D eigenvalue weighted by Crippen LogP contribution is 2.26. The van der Waals surface area contributed by atoms with E-state index in [-0.39, 0.29) is 11.1 Å². The van der Waals surface area contributed by atoms with Gasteiger partial charge in [0.05, 0.1) is 22.5 Å². The molecule has 1 aliphatic rings. The summed E-state index contributed by atoms with van der Waals surface area (Å²) < 4.78 is 18.6. The topological polar surface area (TPSA) is 47.3 Å². The lowest BCUT2D eigenvalue weighted by Crippen LogP contribution is -2.19. The van der Waals surface area contributed by atoms with Crippen LogP contribution in [-0.4, -0.2) is 19.3 Å². The molecule has 1 aliphatic heterocycles. The minimum Gasteiger partial charge on any atom is -0.397 e. The lowest BCUT2D eigenvalue weighted by molar-refractivity contribution is 0.120. The second-order valence-electron chi connectivity index (χ2n) is 3.87. The lowest BCUT2D eigenvalue weighted by atomic mass is 10.2. The number of nitrogens with one attached hydrogen (secondary N) is 1. The average Bonchev–Trinajstić information content (AvgIpc) is 2.74. The largest absolute Gasteiger partial charge is 0.397 e. The highest BCUT2D eigenvalue weighted by molar-refractivity contribution is 6.31. The molecule has 16 heavy (non-hydrogen) atoms. The first kappa shape index (κ1) is 11.5. The summed E-state index contributed by atoms with van der Waals surface area (Å²) in [6.45, 7) is 1.45. The maximum atomic E-state index is 13.2. The standard InChI is InChI=1S/C11H14ClFN2O/c12-8-4-10(14)11(5-9(8)13)15-6-7-2-1-3-16-7/h4-5,7,15H,1-3,6,14H2. The first-order valence-electron chi connectivity index (χ1n) is 5.27. The smallest absolute Gasteiger partial charge is 0.143 e. The fraction of sp³-hybridized carbons (Fsp3) is 0.455. The number of nitrogens with two attached hydrogens (primary N) is 1. The Morgan fingerprint density at radius 1 is 1.56 bits per heavy atom. The van der Waals surface area contributed by atoms with Crippen LogP contribution in [-0.2, 0) is 4.74 Å². The van der Waals surface area contributed by atoms with Crippen molar-refractivity contribution in [3.05, 3.63) is 23.0 Å². The third-order valence-corrected chi connectivity index (χ3v) is 2.93. The van der Waals surface area contributed by atoms with Gasteiger partial charge in [0.25, 0.3) is 0 Å². The van der Waals surface area contributed by atoms with E-state index >= 15 is 0 Å². The quantitative estimate of drug-likeness (QED) is 0.804. The van der Waals surface area contributed by atoms with Crippen molar-refractivity contribution in [1.82, 2.24) is 0 Å². The molecule has 1 saturated heterocycles. The fourth-order valence-electron chi connectivity index (χ4n) is 1.74. The van der Waals surface area contributed by atoms with E-state index in [4.69, 9.17) is 22.1 Å². The molecule has 3 nitrogen and oxygen atoms in total. The van der Waals surface area contributed by atoms with Crippen molar-refractivity contribution in [1.29, 1.82) is 0 Å². The predicted octanol–water partition coefficient (Wildman–Crippen LogP) is 2.65. The minimum atomic E-state index is -0.467. The number of ether oxygens (including phenoxy) is 1. The zero-order chi connectivity index (χ0) is 11.5. The van der Waals surface area contributed by atoms with E-state index in [1.54, 1.807) is 0 Å². The Kier molecular flexibility index (Phi) is 3.51. The molecule has 0 radical (unpaired) electrons. The molecule has 1 heterocycles. The number of benzene rings is 1. The number of anilines is 2. The molecule has 0 amide bonds. The van der Waals surface area contributed by atoms with Crippen LogP contribution in [0.4, 0.5) is 15.8 Å². The van der Waals surface area contributed by atoms with Crippen molar-refractivity contribution in [3.63, 3.8) is 0 Å². The van der Waals surface area contributed by atoms with Gasteiger partial charge in [-0.2, -0.15) is 0 Å². The van der Waals surface area contributed by atoms with Gasteiger partial charge < -0.3 is 15.8 Å². The highest BCUT2D eigenvalue weighted by Gasteiger charge is 2.15. The molecular weight excluding hydrogens is 231 g/mol. The van der Waals surface area contributed by atoms with Gasteiger partial charge in [-0.3, -0.25) is 0 Å². The first-order chi connectivity index (χ1) is 7.66. The van der Waals surface area contributed by atoms with Crippen LogP contribution in [0.2, 0.25) is 5.02 Å². The fourth-order valence-corrected chi connectivity index (χ4v) is 1.92. The molecule has 0 aromatic heterocycles. The molecule has 88 valence electrons. The zero-order valence-electron chi connectivity index (χ0n) is 8.80. The van der Waals surface area contributed by atoms with E-state index < -0.39 is 5.82 Å². The summed E-state index contributed by atoms with van der Waals surface area (Å²) in [4.78, 5) is 0. The van der Waals surface area contributed by atoms with Crippen molar-refractivity contribution in [2.75, 3.05) is 24.2 Å². The van der Waals surface area contributed by atoms with Crippen LogP contribution in [0.25, 0.3) is 0 Å². The van der Waals surface area contributed by atoms with Gasteiger partial charge in [-0.15, -0.1) is 0 Å².